The molecule has 0 radical (unpaired) electrons. The normalized spacial score (nSPS) is 24.8. The van der Waals surface area contributed by atoms with Gasteiger partial charge in [0.25, 0.3) is 0 Å². The minimum atomic E-state index is -0.367. The number of methoxy groups -OCH3 is 1. The van der Waals surface area contributed by atoms with E-state index in [0.29, 0.717) is 0 Å². The zero-order valence-corrected chi connectivity index (χ0v) is 8.62. The van der Waals surface area contributed by atoms with E-state index in [1.165, 1.54) is 19.3 Å². The van der Waals surface area contributed by atoms with E-state index >= 15 is 0 Å². The zero-order chi connectivity index (χ0) is 9.73. The van der Waals surface area contributed by atoms with Crippen LogP contribution < -0.4 is 0 Å². The summed E-state index contributed by atoms with van der Waals surface area (Å²) >= 11 is 0. The summed E-state index contributed by atoms with van der Waals surface area (Å²) in [4.78, 5) is 0. The van der Waals surface area contributed by atoms with Gasteiger partial charge >= 0.3 is 0 Å². The summed E-state index contributed by atoms with van der Waals surface area (Å²) < 4.78 is 5.53. The molecule has 13 heavy (non-hydrogen) atoms. The summed E-state index contributed by atoms with van der Waals surface area (Å²) in [6, 6.07) is 0. The van der Waals surface area contributed by atoms with Crippen molar-refractivity contribution in [1.82, 2.24) is 0 Å². The van der Waals surface area contributed by atoms with Gasteiger partial charge in [0.15, 0.2) is 0 Å². The maximum atomic E-state index is 9.15. The lowest BCUT2D eigenvalue weighted by Gasteiger charge is -2.33. The third-order valence-electron chi connectivity index (χ3n) is 2.78. The van der Waals surface area contributed by atoms with E-state index in [0.717, 1.165) is 12.8 Å². The first-order valence-electron chi connectivity index (χ1n) is 5.11. The van der Waals surface area contributed by atoms with Crippen LogP contribution in [-0.2, 0) is 4.74 Å². The van der Waals surface area contributed by atoms with Crippen LogP contribution in [0.3, 0.4) is 0 Å². The Labute approximate surface area is 80.6 Å². The third kappa shape index (κ3) is 3.12. The lowest BCUT2D eigenvalue weighted by atomic mass is 9.84. The Balaban J connectivity index is 2.57. The average Bonchev–Trinajstić information content (AvgIpc) is 2.16. The summed E-state index contributed by atoms with van der Waals surface area (Å²) in [7, 11) is 1.76. The molecule has 1 fully saturated rings. The molecule has 0 spiro atoms. The number of rotatable bonds is 3. The van der Waals surface area contributed by atoms with Gasteiger partial charge in [-0.1, -0.05) is 31.4 Å². The second-order valence-corrected chi connectivity index (χ2v) is 3.93. The predicted octanol–water partition coefficient (Wildman–Crippen LogP) is 2.27. The highest BCUT2D eigenvalue weighted by atomic mass is 16.5. The third-order valence-corrected chi connectivity index (χ3v) is 2.78. The SMILES string of the molecule is COC1(/C=C/C(C)O)CCCCC1. The molecule has 0 aromatic carbocycles. The molecule has 0 heterocycles. The lowest BCUT2D eigenvalue weighted by Crippen LogP contribution is -2.31. The highest BCUT2D eigenvalue weighted by Gasteiger charge is 2.28. The number of hydrogen-bond acceptors (Lipinski definition) is 2. The zero-order valence-electron chi connectivity index (χ0n) is 8.62. The average molecular weight is 184 g/mol. The van der Waals surface area contributed by atoms with E-state index in [1.807, 2.05) is 12.2 Å². The van der Waals surface area contributed by atoms with Crippen molar-refractivity contribution in [1.29, 1.82) is 0 Å². The maximum Gasteiger partial charge on any atom is 0.0859 e. The van der Waals surface area contributed by atoms with Crippen molar-refractivity contribution < 1.29 is 9.84 Å². The van der Waals surface area contributed by atoms with E-state index in [-0.39, 0.29) is 11.7 Å². The second-order valence-electron chi connectivity index (χ2n) is 3.93. The van der Waals surface area contributed by atoms with E-state index in [1.54, 1.807) is 14.0 Å². The van der Waals surface area contributed by atoms with Crippen molar-refractivity contribution in [3.8, 4) is 0 Å². The van der Waals surface area contributed by atoms with Crippen LogP contribution in [0.2, 0.25) is 0 Å². The minimum absolute atomic E-state index is 0.0881. The molecule has 1 aliphatic carbocycles. The van der Waals surface area contributed by atoms with E-state index < -0.39 is 0 Å². The summed E-state index contributed by atoms with van der Waals surface area (Å²) in [5, 5.41) is 9.15. The van der Waals surface area contributed by atoms with Gasteiger partial charge in [0.2, 0.25) is 0 Å². The van der Waals surface area contributed by atoms with Crippen molar-refractivity contribution in [2.45, 2.75) is 50.7 Å². The molecule has 0 aromatic rings. The Morgan fingerprint density at radius 2 is 1.92 bits per heavy atom. The Hall–Kier alpha value is -0.340. The Morgan fingerprint density at radius 3 is 2.38 bits per heavy atom. The van der Waals surface area contributed by atoms with Crippen LogP contribution >= 0.6 is 0 Å². The first kappa shape index (κ1) is 10.7. The van der Waals surface area contributed by atoms with Gasteiger partial charge in [-0.15, -0.1) is 0 Å². The van der Waals surface area contributed by atoms with Gasteiger partial charge in [-0.05, 0) is 19.8 Å². The molecule has 0 saturated heterocycles. The van der Waals surface area contributed by atoms with Crippen molar-refractivity contribution in [2.75, 3.05) is 7.11 Å². The fourth-order valence-corrected chi connectivity index (χ4v) is 1.90. The molecule has 2 nitrogen and oxygen atoms in total. The second kappa shape index (κ2) is 4.77. The van der Waals surface area contributed by atoms with Crippen molar-refractivity contribution >= 4 is 0 Å². The van der Waals surface area contributed by atoms with Crippen LogP contribution in [0.4, 0.5) is 0 Å². The Kier molecular flexibility index (Phi) is 3.94. The van der Waals surface area contributed by atoms with Crippen molar-refractivity contribution in [2.24, 2.45) is 0 Å². The van der Waals surface area contributed by atoms with Gasteiger partial charge in [-0.2, -0.15) is 0 Å². The maximum absolute atomic E-state index is 9.15. The van der Waals surface area contributed by atoms with Gasteiger partial charge in [0, 0.05) is 7.11 Å². The van der Waals surface area contributed by atoms with Crippen molar-refractivity contribution in [3.63, 3.8) is 0 Å². The summed E-state index contributed by atoms with van der Waals surface area (Å²) in [6.45, 7) is 1.77. The van der Waals surface area contributed by atoms with Crippen LogP contribution in [-0.4, -0.2) is 23.9 Å². The Bertz CT molecular complexity index is 167. The van der Waals surface area contributed by atoms with Crippen LogP contribution in [0.25, 0.3) is 0 Å². The molecule has 2 heteroatoms. The van der Waals surface area contributed by atoms with Crippen LogP contribution in [0.1, 0.15) is 39.0 Å². The van der Waals surface area contributed by atoms with Crippen LogP contribution in [0, 0.1) is 0 Å². The van der Waals surface area contributed by atoms with Gasteiger partial charge in [0.05, 0.1) is 11.7 Å². The largest absolute Gasteiger partial charge is 0.389 e. The molecule has 0 aliphatic heterocycles. The Morgan fingerprint density at radius 1 is 1.31 bits per heavy atom. The predicted molar refractivity (Wildman–Crippen MR) is 53.6 cm³/mol. The molecule has 76 valence electrons. The fourth-order valence-electron chi connectivity index (χ4n) is 1.90. The molecule has 0 aromatic heterocycles. The topological polar surface area (TPSA) is 29.5 Å². The molecular weight excluding hydrogens is 164 g/mol. The lowest BCUT2D eigenvalue weighted by molar-refractivity contribution is 0.00124. The van der Waals surface area contributed by atoms with Gasteiger partial charge in [-0.25, -0.2) is 0 Å². The quantitative estimate of drug-likeness (QED) is 0.682. The minimum Gasteiger partial charge on any atom is -0.389 e. The van der Waals surface area contributed by atoms with Gasteiger partial charge in [-0.3, -0.25) is 0 Å². The molecule has 1 aliphatic rings. The van der Waals surface area contributed by atoms with E-state index in [4.69, 9.17) is 9.84 Å². The highest BCUT2D eigenvalue weighted by Crippen LogP contribution is 2.32. The molecule has 1 N–H and O–H groups in total. The molecule has 0 amide bonds. The van der Waals surface area contributed by atoms with Gasteiger partial charge < -0.3 is 9.84 Å². The van der Waals surface area contributed by atoms with Crippen LogP contribution in [0.5, 0.6) is 0 Å². The van der Waals surface area contributed by atoms with Gasteiger partial charge in [0.1, 0.15) is 0 Å². The standard InChI is InChI=1S/C11H20O2/c1-10(12)6-9-11(13-2)7-4-3-5-8-11/h6,9-10,12H,3-5,7-8H2,1-2H3/b9-6+. The number of aliphatic hydroxyl groups is 1. The molecule has 1 rings (SSSR count). The molecule has 0 bridgehead atoms. The fraction of sp³-hybridized carbons (Fsp3) is 0.818. The smallest absolute Gasteiger partial charge is 0.0859 e. The molecule has 1 unspecified atom stereocenters. The summed E-state index contributed by atoms with van der Waals surface area (Å²) in [5.74, 6) is 0. The summed E-state index contributed by atoms with van der Waals surface area (Å²) in [5.41, 5.74) is -0.0881. The van der Waals surface area contributed by atoms with E-state index in [9.17, 15) is 0 Å². The van der Waals surface area contributed by atoms with E-state index in [2.05, 4.69) is 0 Å². The highest BCUT2D eigenvalue weighted by molar-refractivity contribution is 5.05. The number of aliphatic hydroxyl groups excluding tert-OH is 1. The number of ether oxygens (including phenoxy) is 1. The van der Waals surface area contributed by atoms with Crippen molar-refractivity contribution in [3.05, 3.63) is 12.2 Å². The first-order chi connectivity index (χ1) is 6.18. The number of hydrogen-bond donors (Lipinski definition) is 1. The molecule has 1 saturated carbocycles. The molecular formula is C11H20O2. The summed E-state index contributed by atoms with van der Waals surface area (Å²) in [6.07, 6.45) is 9.46. The first-order valence-corrected chi connectivity index (χ1v) is 5.11. The molecule has 1 atom stereocenters. The van der Waals surface area contributed by atoms with Crippen LogP contribution in [0.15, 0.2) is 12.2 Å². The monoisotopic (exact) mass is 184 g/mol.